The zero-order chi connectivity index (χ0) is 28.2. The van der Waals surface area contributed by atoms with Crippen LogP contribution in [0.4, 0.5) is 11.4 Å². The summed E-state index contributed by atoms with van der Waals surface area (Å²) in [6.45, 7) is -1.12. The van der Waals surface area contributed by atoms with Crippen LogP contribution >= 0.6 is 12.4 Å². The summed E-state index contributed by atoms with van der Waals surface area (Å²) in [4.78, 5) is 96.6. The van der Waals surface area contributed by atoms with Gasteiger partial charge >= 0.3 is 23.8 Å². The topological polar surface area (TPSA) is 203 Å². The van der Waals surface area contributed by atoms with E-state index in [2.05, 4.69) is 30.7 Å². The first-order chi connectivity index (χ1) is 18.1. The Labute approximate surface area is 227 Å². The number of carbonyl (C=O) groups excluding carboxylic acids is 8. The van der Waals surface area contributed by atoms with Crippen LogP contribution in [0.5, 0.6) is 0 Å². The summed E-state index contributed by atoms with van der Waals surface area (Å²) in [5, 5.41) is 8.52. The molecule has 0 fully saturated rings. The summed E-state index contributed by atoms with van der Waals surface area (Å²) in [5.41, 5.74) is -0.905. The molecular weight excluding hydrogens is 540 g/mol. The van der Waals surface area contributed by atoms with E-state index in [9.17, 15) is 38.4 Å². The molecule has 206 valence electrons. The molecule has 39 heavy (non-hydrogen) atoms. The minimum absolute atomic E-state index is 0. The van der Waals surface area contributed by atoms with Crippen LogP contribution in [-0.2, 0) is 38.2 Å². The number of methoxy groups -OCH3 is 2. The van der Waals surface area contributed by atoms with E-state index in [0.717, 1.165) is 14.2 Å². The zero-order valence-electron chi connectivity index (χ0n) is 20.5. The number of rotatable bonds is 10. The molecule has 2 aromatic rings. The summed E-state index contributed by atoms with van der Waals surface area (Å²) >= 11 is 0. The highest BCUT2D eigenvalue weighted by molar-refractivity contribution is 6.48. The number of hydrogen-bond donors (Lipinski definition) is 4. The number of ketones is 2. The van der Waals surface area contributed by atoms with Gasteiger partial charge in [-0.05, 0) is 24.3 Å². The normalized spacial score (nSPS) is 9.59. The van der Waals surface area contributed by atoms with Gasteiger partial charge in [-0.3, -0.25) is 38.4 Å². The molecule has 0 aromatic heterocycles. The molecule has 0 heterocycles. The van der Waals surface area contributed by atoms with Crippen molar-refractivity contribution in [3.8, 4) is 0 Å². The van der Waals surface area contributed by atoms with E-state index in [4.69, 9.17) is 0 Å². The van der Waals surface area contributed by atoms with Crippen LogP contribution in [-0.4, -0.2) is 74.4 Å². The van der Waals surface area contributed by atoms with E-state index < -0.39 is 60.2 Å². The molecule has 0 unspecified atom stereocenters. The first kappa shape index (κ1) is 31.9. The number of esters is 2. The lowest BCUT2D eigenvalue weighted by Gasteiger charge is -2.12. The third-order valence-electron chi connectivity index (χ3n) is 4.70. The lowest BCUT2D eigenvalue weighted by molar-refractivity contribution is -0.141. The van der Waals surface area contributed by atoms with E-state index in [0.29, 0.717) is 0 Å². The Balaban J connectivity index is 0.00000760. The van der Waals surface area contributed by atoms with E-state index >= 15 is 0 Å². The van der Waals surface area contributed by atoms with Gasteiger partial charge in [0.05, 0.1) is 36.7 Å². The van der Waals surface area contributed by atoms with Crippen molar-refractivity contribution in [3.05, 3.63) is 59.7 Å². The summed E-state index contributed by atoms with van der Waals surface area (Å²) in [6, 6.07) is 10.6. The van der Waals surface area contributed by atoms with Crippen molar-refractivity contribution in [2.45, 2.75) is 0 Å². The average Bonchev–Trinajstić information content (AvgIpc) is 2.93. The smallest absolute Gasteiger partial charge is 0.325 e. The van der Waals surface area contributed by atoms with Crippen molar-refractivity contribution >= 4 is 70.9 Å². The SMILES string of the molecule is COC(=O)CNC(=O)C(=O)c1ccccc1NC(=O)C(=O)Nc1ccccc1C(=O)C(=O)NCC(=O)OC.Cl. The van der Waals surface area contributed by atoms with Gasteiger partial charge in [0.1, 0.15) is 13.1 Å². The first-order valence-corrected chi connectivity index (χ1v) is 10.7. The van der Waals surface area contributed by atoms with E-state index in [1.54, 1.807) is 0 Å². The molecule has 4 N–H and O–H groups in total. The van der Waals surface area contributed by atoms with Gasteiger partial charge in [-0.1, -0.05) is 24.3 Å². The minimum Gasteiger partial charge on any atom is -0.468 e. The highest BCUT2D eigenvalue weighted by Crippen LogP contribution is 2.18. The summed E-state index contributed by atoms with van der Waals surface area (Å²) < 4.78 is 8.74. The lowest BCUT2D eigenvalue weighted by Crippen LogP contribution is -2.36. The van der Waals surface area contributed by atoms with Gasteiger partial charge < -0.3 is 30.7 Å². The maximum atomic E-state index is 12.5. The van der Waals surface area contributed by atoms with Gasteiger partial charge in [0, 0.05) is 0 Å². The van der Waals surface area contributed by atoms with Crippen LogP contribution in [0.15, 0.2) is 48.5 Å². The molecule has 14 nitrogen and oxygen atoms in total. The third-order valence-corrected chi connectivity index (χ3v) is 4.70. The number of amides is 4. The Morgan fingerprint density at radius 2 is 0.897 bits per heavy atom. The largest absolute Gasteiger partial charge is 0.468 e. The summed E-state index contributed by atoms with van der Waals surface area (Å²) in [6.07, 6.45) is 0. The molecule has 2 rings (SSSR count). The molecule has 0 atom stereocenters. The van der Waals surface area contributed by atoms with E-state index in [1.807, 2.05) is 0 Å². The predicted octanol–water partition coefficient (Wildman–Crippen LogP) is -0.371. The fourth-order valence-corrected chi connectivity index (χ4v) is 2.79. The number of halogens is 1. The van der Waals surface area contributed by atoms with Crippen molar-refractivity contribution in [2.24, 2.45) is 0 Å². The molecule has 15 heteroatoms. The number of anilines is 2. The van der Waals surface area contributed by atoms with Crippen LogP contribution in [0.25, 0.3) is 0 Å². The average molecular weight is 563 g/mol. The van der Waals surface area contributed by atoms with Crippen LogP contribution < -0.4 is 21.3 Å². The highest BCUT2D eigenvalue weighted by Gasteiger charge is 2.25. The number of Topliss-reactive ketones (excluding diaryl/α,β-unsaturated/α-hetero) is 2. The fraction of sp³-hybridized carbons (Fsp3) is 0.167. The predicted molar refractivity (Wildman–Crippen MR) is 136 cm³/mol. The molecule has 2 aromatic carbocycles. The molecule has 0 saturated heterocycles. The van der Waals surface area contributed by atoms with Gasteiger partial charge in [-0.15, -0.1) is 12.4 Å². The number of benzene rings is 2. The molecule has 0 aliphatic carbocycles. The van der Waals surface area contributed by atoms with Crippen LogP contribution in [0.1, 0.15) is 20.7 Å². The van der Waals surface area contributed by atoms with Crippen molar-refractivity contribution in [3.63, 3.8) is 0 Å². The Morgan fingerprint density at radius 3 is 1.23 bits per heavy atom. The third kappa shape index (κ3) is 9.05. The lowest BCUT2D eigenvalue weighted by atomic mass is 10.1. The van der Waals surface area contributed by atoms with Crippen LogP contribution in [0, 0.1) is 0 Å². The van der Waals surface area contributed by atoms with Gasteiger partial charge in [0.25, 0.3) is 23.4 Å². The molecule has 0 saturated carbocycles. The first-order valence-electron chi connectivity index (χ1n) is 10.7. The Morgan fingerprint density at radius 1 is 0.564 bits per heavy atom. The van der Waals surface area contributed by atoms with Gasteiger partial charge in [0.15, 0.2) is 0 Å². The van der Waals surface area contributed by atoms with Crippen LogP contribution in [0.3, 0.4) is 0 Å². The second kappa shape index (κ2) is 15.2. The van der Waals surface area contributed by atoms with Gasteiger partial charge in [-0.2, -0.15) is 0 Å². The quantitative estimate of drug-likeness (QED) is 0.168. The molecule has 0 aliphatic rings. The van der Waals surface area contributed by atoms with Crippen molar-refractivity contribution in [1.82, 2.24) is 10.6 Å². The summed E-state index contributed by atoms with van der Waals surface area (Å²) in [5.74, 6) is -8.61. The number of nitrogens with one attached hydrogen (secondary N) is 4. The Hall–Kier alpha value is -5.11. The van der Waals surface area contributed by atoms with Gasteiger partial charge in [0.2, 0.25) is 0 Å². The monoisotopic (exact) mass is 562 g/mol. The van der Waals surface area contributed by atoms with Crippen molar-refractivity contribution < 1.29 is 47.8 Å². The van der Waals surface area contributed by atoms with Gasteiger partial charge in [-0.25, -0.2) is 0 Å². The maximum absolute atomic E-state index is 12.5. The Bertz CT molecular complexity index is 1210. The summed E-state index contributed by atoms with van der Waals surface area (Å²) in [7, 11) is 2.20. The number of carbonyl (C=O) groups is 8. The molecular formula is C24H23ClN4O10. The number of hydrogen-bond acceptors (Lipinski definition) is 10. The Kier molecular flexibility index (Phi) is 12.5. The highest BCUT2D eigenvalue weighted by atomic mass is 35.5. The minimum atomic E-state index is -1.27. The second-order valence-corrected chi connectivity index (χ2v) is 7.18. The van der Waals surface area contributed by atoms with Crippen LogP contribution in [0.2, 0.25) is 0 Å². The number of para-hydroxylation sites is 2. The zero-order valence-corrected chi connectivity index (χ0v) is 21.3. The maximum Gasteiger partial charge on any atom is 0.325 e. The van der Waals surface area contributed by atoms with Crippen molar-refractivity contribution in [1.29, 1.82) is 0 Å². The van der Waals surface area contributed by atoms with E-state index in [-0.39, 0.29) is 34.9 Å². The van der Waals surface area contributed by atoms with E-state index in [1.165, 1.54) is 48.5 Å². The molecule has 0 aliphatic heterocycles. The molecule has 4 amide bonds. The standard InChI is InChI=1S/C24H22N4O10.ClH/c1-37-17(29)11-25-21(33)19(31)13-7-3-5-9-15(13)27-23(35)24(36)28-16-10-6-4-8-14(16)20(32)22(34)26-12-18(30)38-2;/h3-10H,11-12H2,1-2H3,(H,25,33)(H,26,34)(H,27,35)(H,28,36);1H. The second-order valence-electron chi connectivity index (χ2n) is 7.18. The molecule has 0 spiro atoms. The molecule has 0 bridgehead atoms. The molecule has 0 radical (unpaired) electrons. The van der Waals surface area contributed by atoms with Crippen molar-refractivity contribution in [2.75, 3.05) is 37.9 Å². The number of ether oxygens (including phenoxy) is 2. The fourth-order valence-electron chi connectivity index (χ4n) is 2.79.